The van der Waals surface area contributed by atoms with Gasteiger partial charge in [-0.1, -0.05) is 0 Å². The molecule has 0 saturated carbocycles. The molecule has 0 aliphatic carbocycles. The zero-order valence-corrected chi connectivity index (χ0v) is 12.6. The maximum Gasteiger partial charge on any atom is 0 e. The van der Waals surface area contributed by atoms with Crippen LogP contribution in [0.4, 0.5) is 0 Å². The number of rotatable bonds is 0. The van der Waals surface area contributed by atoms with Crippen molar-refractivity contribution in [1.82, 2.24) is 0 Å². The smallest absolute Gasteiger partial charge is 0 e. The Hall–Kier alpha value is 4.10. The van der Waals surface area contributed by atoms with Gasteiger partial charge >= 0.3 is 34.0 Å². The zero-order valence-electron chi connectivity index (χ0n) is 2.30. The Morgan fingerprint density at radius 3 is 1.20 bits per heavy atom. The first-order valence-corrected chi connectivity index (χ1v) is 4.98. The maximum atomic E-state index is 2.01. The number of hydrogen-bond acceptors (Lipinski definition) is 0. The quantitative estimate of drug-likeness (QED) is 0.477. The Balaban J connectivity index is -0.00000000167. The molecule has 5 heavy (non-hydrogen) atoms. The fourth-order valence-corrected chi connectivity index (χ4v) is 0. The van der Waals surface area contributed by atoms with Crippen molar-refractivity contribution in [2.24, 2.45) is 0 Å². The molecule has 5 heteroatoms. The van der Waals surface area contributed by atoms with Gasteiger partial charge in [-0.25, -0.2) is 0 Å². The van der Waals surface area contributed by atoms with E-state index in [4.69, 9.17) is 0 Å². The molecule has 0 bridgehead atoms. The van der Waals surface area contributed by atoms with Gasteiger partial charge in [-0.15, -0.1) is 0 Å². The SMILES string of the molecule is [Ce].[Nb].[Ti][Mo].[V]. The molecule has 0 amide bonds. The molecule has 0 spiro atoms. The average Bonchev–Trinajstić information content (AvgIpc) is 1.00. The topological polar surface area (TPSA) is 0 Å². The normalized spacial score (nSPS) is 0.600. The van der Waals surface area contributed by atoms with E-state index in [-0.39, 0.29) is 82.7 Å². The van der Waals surface area contributed by atoms with E-state index in [1.165, 1.54) is 0 Å². The first-order chi connectivity index (χ1) is 1.00. The molecular weight excluding hydrogens is 428 g/mol. The third kappa shape index (κ3) is 17.9. The van der Waals surface area contributed by atoms with Crippen LogP contribution in [0, 0.1) is 41.7 Å². The molecule has 0 heterocycles. The molecule has 0 atom stereocenters. The largest absolute Gasteiger partial charge is 0 e. The maximum absolute atomic E-state index is 2.01. The van der Waals surface area contributed by atoms with E-state index >= 15 is 0 Å². The van der Waals surface area contributed by atoms with Gasteiger partial charge in [0.15, 0.2) is 0 Å². The van der Waals surface area contributed by atoms with E-state index in [1.54, 1.807) is 0 Å². The molecule has 2 radical (unpaired) electrons. The Kier molecular flexibility index (Phi) is 111. The van der Waals surface area contributed by atoms with Crippen molar-refractivity contribution in [2.75, 3.05) is 0 Å². The van der Waals surface area contributed by atoms with Crippen LogP contribution in [0.5, 0.6) is 0 Å². The summed E-state index contributed by atoms with van der Waals surface area (Å²) in [5.74, 6) is 0. The van der Waals surface area contributed by atoms with Gasteiger partial charge in [0.2, 0.25) is 0 Å². The van der Waals surface area contributed by atoms with Crippen molar-refractivity contribution in [1.29, 1.82) is 0 Å². The van der Waals surface area contributed by atoms with E-state index in [2.05, 4.69) is 0 Å². The van der Waals surface area contributed by atoms with Gasteiger partial charge in [-0.05, 0) is 0 Å². The summed E-state index contributed by atoms with van der Waals surface area (Å²) >= 11 is 3.96. The molecular formula is CeMoNbTiV. The molecule has 0 nitrogen and oxygen atoms in total. The van der Waals surface area contributed by atoms with Crippen LogP contribution in [0.1, 0.15) is 0 Å². The fraction of sp³-hybridized carbons (Fsp3) is 0. The van der Waals surface area contributed by atoms with Crippen LogP contribution in [0.3, 0.4) is 0 Å². The Morgan fingerprint density at radius 1 is 1.20 bits per heavy atom. The summed E-state index contributed by atoms with van der Waals surface area (Å²) < 4.78 is 0. The van der Waals surface area contributed by atoms with E-state index in [0.29, 0.717) is 0 Å². The van der Waals surface area contributed by atoms with Gasteiger partial charge in [0, 0.05) is 82.7 Å². The zero-order chi connectivity index (χ0) is 2.00. The Labute approximate surface area is 114 Å². The van der Waals surface area contributed by atoms with Crippen LogP contribution in [0.2, 0.25) is 0 Å². The van der Waals surface area contributed by atoms with Crippen molar-refractivity contribution >= 4 is 0 Å². The van der Waals surface area contributed by atoms with Crippen LogP contribution in [-0.2, 0) is 75.0 Å². The molecule has 24 valence electrons. The summed E-state index contributed by atoms with van der Waals surface area (Å²) in [6, 6.07) is 0. The monoisotopic (exact) mass is 430 g/mol. The molecule has 0 saturated heterocycles. The fourth-order valence-electron chi connectivity index (χ4n) is 0. The summed E-state index contributed by atoms with van der Waals surface area (Å²) in [4.78, 5) is 0. The second-order valence-electron chi connectivity index (χ2n) is 0. The van der Waals surface area contributed by atoms with E-state index < -0.39 is 0 Å². The van der Waals surface area contributed by atoms with Gasteiger partial charge < -0.3 is 0 Å². The number of hydrogen-bond donors (Lipinski definition) is 0. The summed E-state index contributed by atoms with van der Waals surface area (Å²) in [7, 11) is 0. The second-order valence-corrected chi connectivity index (χ2v) is 0. The van der Waals surface area contributed by atoms with Crippen LogP contribution in [0.15, 0.2) is 0 Å². The molecule has 0 fully saturated rings. The molecule has 0 N–H and O–H groups in total. The summed E-state index contributed by atoms with van der Waals surface area (Å²) in [5, 5.41) is 0. The molecule has 0 unspecified atom stereocenters. The molecule has 0 rings (SSSR count). The standard InChI is InChI=1S/Ce.Mo.Nb.Ti.V. The van der Waals surface area contributed by atoms with E-state index in [1.807, 2.05) is 34.0 Å². The minimum Gasteiger partial charge on any atom is 0 e. The van der Waals surface area contributed by atoms with Gasteiger partial charge in [0.1, 0.15) is 0 Å². The Bertz CT molecular complexity index is 11.6. The minimum absolute atomic E-state index is 0. The first kappa shape index (κ1) is 23.0. The second kappa shape index (κ2) is 24.3. The molecule has 0 aromatic heterocycles. The predicted octanol–water partition coefficient (Wildman–Crippen LogP) is -0.0100. The van der Waals surface area contributed by atoms with Gasteiger partial charge in [0.25, 0.3) is 0 Å². The average molecular weight is 428 g/mol. The summed E-state index contributed by atoms with van der Waals surface area (Å²) in [6.07, 6.45) is 0. The van der Waals surface area contributed by atoms with Crippen molar-refractivity contribution in [3.05, 3.63) is 0 Å². The van der Waals surface area contributed by atoms with Crippen LogP contribution in [0.25, 0.3) is 0 Å². The predicted molar refractivity (Wildman–Crippen MR) is 0 cm³/mol. The molecule has 0 aromatic carbocycles. The Morgan fingerprint density at radius 2 is 1.20 bits per heavy atom. The third-order valence-electron chi connectivity index (χ3n) is 0. The van der Waals surface area contributed by atoms with Crippen LogP contribution in [-0.4, -0.2) is 0 Å². The first-order valence-electron chi connectivity index (χ1n) is 0.204. The molecule has 0 aromatic rings. The van der Waals surface area contributed by atoms with Crippen molar-refractivity contribution in [3.8, 4) is 0 Å². The van der Waals surface area contributed by atoms with Crippen LogP contribution < -0.4 is 0 Å². The summed E-state index contributed by atoms with van der Waals surface area (Å²) in [5.41, 5.74) is 0. The van der Waals surface area contributed by atoms with E-state index in [9.17, 15) is 0 Å². The molecule has 0 aliphatic heterocycles. The third-order valence-corrected chi connectivity index (χ3v) is 0. The van der Waals surface area contributed by atoms with Crippen molar-refractivity contribution in [3.63, 3.8) is 0 Å². The van der Waals surface area contributed by atoms with Crippen LogP contribution >= 0.6 is 0 Å². The van der Waals surface area contributed by atoms with E-state index in [0.717, 1.165) is 0 Å². The van der Waals surface area contributed by atoms with Gasteiger partial charge in [-0.3, -0.25) is 0 Å². The van der Waals surface area contributed by atoms with Crippen molar-refractivity contribution < 1.29 is 117 Å². The summed E-state index contributed by atoms with van der Waals surface area (Å²) in [6.45, 7) is 0. The molecule has 0 aliphatic rings. The van der Waals surface area contributed by atoms with Gasteiger partial charge in [0.05, 0.1) is 0 Å². The minimum atomic E-state index is 0. The van der Waals surface area contributed by atoms with Crippen molar-refractivity contribution in [2.45, 2.75) is 0 Å². The van der Waals surface area contributed by atoms with Gasteiger partial charge in [-0.2, -0.15) is 0 Å².